The van der Waals surface area contributed by atoms with Crippen LogP contribution in [0.4, 0.5) is 14.5 Å². The Morgan fingerprint density at radius 3 is 2.52 bits per heavy atom. The number of ether oxygens (including phenoxy) is 1. The number of hydrogen-bond acceptors (Lipinski definition) is 2. The predicted octanol–water partition coefficient (Wildman–Crippen LogP) is 3.76. The lowest BCUT2D eigenvalue weighted by molar-refractivity contribution is -0.115. The van der Waals surface area contributed by atoms with Crippen molar-refractivity contribution in [1.29, 1.82) is 0 Å². The van der Waals surface area contributed by atoms with Gasteiger partial charge in [0.2, 0.25) is 5.91 Å². The molecule has 2 rings (SSSR count). The second-order valence-electron chi connectivity index (χ2n) is 4.33. The van der Waals surface area contributed by atoms with Crippen LogP contribution in [-0.4, -0.2) is 13.0 Å². The first-order valence-corrected chi connectivity index (χ1v) is 7.15. The van der Waals surface area contributed by atoms with E-state index in [9.17, 15) is 13.6 Å². The molecule has 0 unspecified atom stereocenters. The molecule has 0 aliphatic rings. The van der Waals surface area contributed by atoms with Gasteiger partial charge in [0, 0.05) is 5.69 Å². The van der Waals surface area contributed by atoms with Gasteiger partial charge in [-0.15, -0.1) is 0 Å². The van der Waals surface area contributed by atoms with Gasteiger partial charge in [-0.05, 0) is 52.4 Å². The summed E-state index contributed by atoms with van der Waals surface area (Å²) in [5.74, 6) is -1.12. The van der Waals surface area contributed by atoms with Crippen LogP contribution in [0.25, 0.3) is 0 Å². The highest BCUT2D eigenvalue weighted by atomic mass is 127. The molecular weight excluding hydrogens is 391 g/mol. The van der Waals surface area contributed by atoms with Crippen LogP contribution in [0.15, 0.2) is 36.4 Å². The fourth-order valence-corrected chi connectivity index (χ4v) is 2.11. The summed E-state index contributed by atoms with van der Waals surface area (Å²) >= 11 is 1.57. The average Bonchev–Trinajstić information content (AvgIpc) is 2.44. The maximum Gasteiger partial charge on any atom is 0.228 e. The second-order valence-corrected chi connectivity index (χ2v) is 5.41. The van der Waals surface area contributed by atoms with E-state index in [1.807, 2.05) is 0 Å². The van der Waals surface area contributed by atoms with Gasteiger partial charge >= 0.3 is 0 Å². The zero-order valence-corrected chi connectivity index (χ0v) is 13.3. The number of nitrogens with one attached hydrogen (secondary N) is 1. The highest BCUT2D eigenvalue weighted by molar-refractivity contribution is 14.1. The van der Waals surface area contributed by atoms with Crippen molar-refractivity contribution in [2.45, 2.75) is 6.42 Å². The Balaban J connectivity index is 2.08. The molecule has 0 fully saturated rings. The van der Waals surface area contributed by atoms with Gasteiger partial charge in [0.15, 0.2) is 0 Å². The Hall–Kier alpha value is -1.70. The van der Waals surface area contributed by atoms with Crippen molar-refractivity contribution in [1.82, 2.24) is 0 Å². The van der Waals surface area contributed by atoms with Crippen molar-refractivity contribution in [3.05, 3.63) is 57.2 Å². The third kappa shape index (κ3) is 4.13. The van der Waals surface area contributed by atoms with Crippen LogP contribution in [0, 0.1) is 15.2 Å². The van der Waals surface area contributed by atoms with Crippen molar-refractivity contribution in [3.63, 3.8) is 0 Å². The summed E-state index contributed by atoms with van der Waals surface area (Å²) in [6, 6.07) is 9.23. The van der Waals surface area contributed by atoms with E-state index in [0.717, 1.165) is 17.7 Å². The number of halogens is 3. The van der Waals surface area contributed by atoms with E-state index in [1.165, 1.54) is 7.11 Å². The van der Waals surface area contributed by atoms with E-state index in [0.29, 0.717) is 5.75 Å². The van der Waals surface area contributed by atoms with Crippen molar-refractivity contribution in [2.24, 2.45) is 0 Å². The van der Waals surface area contributed by atoms with Gasteiger partial charge in [-0.1, -0.05) is 12.1 Å². The summed E-state index contributed by atoms with van der Waals surface area (Å²) < 4.78 is 31.8. The summed E-state index contributed by atoms with van der Waals surface area (Å²) in [6.07, 6.45) is 0.0897. The second kappa shape index (κ2) is 6.84. The monoisotopic (exact) mass is 403 g/mol. The van der Waals surface area contributed by atoms with Gasteiger partial charge in [-0.2, -0.15) is 0 Å². The summed E-state index contributed by atoms with van der Waals surface area (Å²) in [7, 11) is 1.54. The van der Waals surface area contributed by atoms with E-state index in [-0.39, 0.29) is 21.6 Å². The third-order valence-corrected chi connectivity index (χ3v) is 3.80. The standard InChI is InChI=1S/C15H12F2INO2/c1-21-11-4-2-3-9(5-11)6-14(20)19-10-7-12(16)15(18)13(17)8-10/h2-5,7-8H,6H2,1H3,(H,19,20). The maximum atomic E-state index is 13.4. The smallest absolute Gasteiger partial charge is 0.228 e. The number of anilines is 1. The number of rotatable bonds is 4. The molecule has 0 saturated heterocycles. The first kappa shape index (κ1) is 15.7. The Labute approximate surface area is 134 Å². The topological polar surface area (TPSA) is 38.3 Å². The number of benzene rings is 2. The first-order chi connectivity index (χ1) is 9.99. The number of carbonyl (C=O) groups is 1. The summed E-state index contributed by atoms with van der Waals surface area (Å²) in [5, 5.41) is 2.47. The molecule has 0 aliphatic heterocycles. The first-order valence-electron chi connectivity index (χ1n) is 6.07. The molecule has 110 valence electrons. The molecule has 21 heavy (non-hydrogen) atoms. The molecule has 0 heterocycles. The molecule has 1 amide bonds. The number of methoxy groups -OCH3 is 1. The number of hydrogen-bond donors (Lipinski definition) is 1. The van der Waals surface area contributed by atoms with Crippen molar-refractivity contribution >= 4 is 34.2 Å². The molecule has 2 aromatic carbocycles. The van der Waals surface area contributed by atoms with Crippen molar-refractivity contribution in [3.8, 4) is 5.75 Å². The van der Waals surface area contributed by atoms with Crippen LogP contribution in [0.5, 0.6) is 5.75 Å². The molecule has 0 bridgehead atoms. The Kier molecular flexibility index (Phi) is 5.11. The molecule has 0 aliphatic carbocycles. The van der Waals surface area contributed by atoms with Gasteiger partial charge in [0.05, 0.1) is 17.1 Å². The van der Waals surface area contributed by atoms with Crippen LogP contribution >= 0.6 is 22.6 Å². The largest absolute Gasteiger partial charge is 0.497 e. The van der Waals surface area contributed by atoms with E-state index in [4.69, 9.17) is 4.74 Å². The van der Waals surface area contributed by atoms with Gasteiger partial charge in [0.25, 0.3) is 0 Å². The minimum Gasteiger partial charge on any atom is -0.497 e. The van der Waals surface area contributed by atoms with Crippen molar-refractivity contribution in [2.75, 3.05) is 12.4 Å². The number of carbonyl (C=O) groups excluding carboxylic acids is 1. The zero-order chi connectivity index (χ0) is 15.4. The summed E-state index contributed by atoms with van der Waals surface area (Å²) in [4.78, 5) is 11.9. The lowest BCUT2D eigenvalue weighted by Crippen LogP contribution is -2.15. The zero-order valence-electron chi connectivity index (χ0n) is 11.1. The fraction of sp³-hybridized carbons (Fsp3) is 0.133. The van der Waals surface area contributed by atoms with Gasteiger partial charge in [-0.3, -0.25) is 4.79 Å². The highest BCUT2D eigenvalue weighted by Crippen LogP contribution is 2.21. The van der Waals surface area contributed by atoms with Crippen LogP contribution in [0.1, 0.15) is 5.56 Å². The molecule has 0 spiro atoms. The van der Waals surface area contributed by atoms with Gasteiger partial charge in [0.1, 0.15) is 17.4 Å². The molecule has 1 N–H and O–H groups in total. The van der Waals surface area contributed by atoms with Crippen molar-refractivity contribution < 1.29 is 18.3 Å². The van der Waals surface area contributed by atoms with Crippen LogP contribution in [-0.2, 0) is 11.2 Å². The molecule has 6 heteroatoms. The minimum absolute atomic E-state index is 0.0897. The summed E-state index contributed by atoms with van der Waals surface area (Å²) in [6.45, 7) is 0. The Morgan fingerprint density at radius 2 is 1.90 bits per heavy atom. The van der Waals surface area contributed by atoms with Gasteiger partial charge < -0.3 is 10.1 Å². The van der Waals surface area contributed by atoms with E-state index < -0.39 is 11.6 Å². The molecule has 0 radical (unpaired) electrons. The normalized spacial score (nSPS) is 10.3. The predicted molar refractivity (Wildman–Crippen MR) is 84.4 cm³/mol. The van der Waals surface area contributed by atoms with E-state index >= 15 is 0 Å². The highest BCUT2D eigenvalue weighted by Gasteiger charge is 2.11. The summed E-state index contributed by atoms with van der Waals surface area (Å²) in [5.41, 5.74) is 0.844. The third-order valence-electron chi connectivity index (χ3n) is 2.77. The Morgan fingerprint density at radius 1 is 1.24 bits per heavy atom. The molecule has 3 nitrogen and oxygen atoms in total. The maximum absolute atomic E-state index is 13.4. The van der Waals surface area contributed by atoms with E-state index in [1.54, 1.807) is 46.9 Å². The number of amides is 1. The van der Waals surface area contributed by atoms with Gasteiger partial charge in [-0.25, -0.2) is 8.78 Å². The molecular formula is C15H12F2INO2. The lowest BCUT2D eigenvalue weighted by Gasteiger charge is -2.08. The molecule has 2 aromatic rings. The molecule has 0 aromatic heterocycles. The molecule has 0 saturated carbocycles. The average molecular weight is 403 g/mol. The Bertz CT molecular complexity index is 653. The SMILES string of the molecule is COc1cccc(CC(=O)Nc2cc(F)c(I)c(F)c2)c1. The van der Waals surface area contributed by atoms with Crippen LogP contribution in [0.3, 0.4) is 0 Å². The minimum atomic E-state index is -0.702. The quantitative estimate of drug-likeness (QED) is 0.624. The van der Waals surface area contributed by atoms with Crippen LogP contribution in [0.2, 0.25) is 0 Å². The van der Waals surface area contributed by atoms with E-state index in [2.05, 4.69) is 5.32 Å². The lowest BCUT2D eigenvalue weighted by atomic mass is 10.1. The fourth-order valence-electron chi connectivity index (χ4n) is 1.80. The van der Waals surface area contributed by atoms with Crippen LogP contribution < -0.4 is 10.1 Å². The molecule has 0 atom stereocenters.